The van der Waals surface area contributed by atoms with Crippen molar-refractivity contribution in [3.05, 3.63) is 34.1 Å². The van der Waals surface area contributed by atoms with Crippen molar-refractivity contribution in [1.29, 1.82) is 5.41 Å². The monoisotopic (exact) mass is 273 g/mol. The SMILES string of the molecule is N=C(C1CO1)C(O)c1ccc(F)c(Br)c1. The molecule has 1 fully saturated rings. The van der Waals surface area contributed by atoms with Gasteiger partial charge in [0.15, 0.2) is 0 Å². The van der Waals surface area contributed by atoms with E-state index in [9.17, 15) is 9.50 Å². The third-order valence-corrected chi connectivity index (χ3v) is 2.84. The minimum absolute atomic E-state index is 0.119. The van der Waals surface area contributed by atoms with Gasteiger partial charge in [0, 0.05) is 0 Å². The summed E-state index contributed by atoms with van der Waals surface area (Å²) in [5, 5.41) is 17.4. The standard InChI is InChI=1S/C10H9BrFNO2/c11-6-3-5(1-2-7(6)12)10(14)9(13)8-4-15-8/h1-3,8,10,13-14H,4H2. The van der Waals surface area contributed by atoms with E-state index in [-0.39, 0.29) is 22.1 Å². The molecular weight excluding hydrogens is 265 g/mol. The fourth-order valence-corrected chi connectivity index (χ4v) is 1.66. The van der Waals surface area contributed by atoms with Gasteiger partial charge in [0.1, 0.15) is 18.0 Å². The number of ether oxygens (including phenoxy) is 1. The van der Waals surface area contributed by atoms with Gasteiger partial charge in [-0.25, -0.2) is 4.39 Å². The van der Waals surface area contributed by atoms with Crippen LogP contribution in [0.4, 0.5) is 4.39 Å². The van der Waals surface area contributed by atoms with Gasteiger partial charge in [-0.2, -0.15) is 0 Å². The van der Waals surface area contributed by atoms with Crippen LogP contribution in [0, 0.1) is 11.2 Å². The number of hydrogen-bond donors (Lipinski definition) is 2. The van der Waals surface area contributed by atoms with E-state index in [2.05, 4.69) is 15.9 Å². The molecule has 3 nitrogen and oxygen atoms in total. The summed E-state index contributed by atoms with van der Waals surface area (Å²) in [6.07, 6.45) is -1.29. The van der Waals surface area contributed by atoms with Crippen LogP contribution in [0.15, 0.2) is 22.7 Å². The summed E-state index contributed by atoms with van der Waals surface area (Å²) in [6, 6.07) is 4.18. The van der Waals surface area contributed by atoms with E-state index in [1.165, 1.54) is 18.2 Å². The first-order chi connectivity index (χ1) is 7.09. The average molecular weight is 274 g/mol. The van der Waals surface area contributed by atoms with Gasteiger partial charge in [0.25, 0.3) is 0 Å². The lowest BCUT2D eigenvalue weighted by Crippen LogP contribution is -2.16. The van der Waals surface area contributed by atoms with Crippen LogP contribution < -0.4 is 0 Å². The Morgan fingerprint density at radius 1 is 1.67 bits per heavy atom. The van der Waals surface area contributed by atoms with Crippen molar-refractivity contribution in [2.75, 3.05) is 6.61 Å². The van der Waals surface area contributed by atoms with Gasteiger partial charge in [0.05, 0.1) is 16.8 Å². The molecule has 1 saturated heterocycles. The molecule has 1 aromatic carbocycles. The molecule has 0 aromatic heterocycles. The maximum absolute atomic E-state index is 12.9. The zero-order valence-corrected chi connectivity index (χ0v) is 9.29. The zero-order chi connectivity index (χ0) is 11.0. The van der Waals surface area contributed by atoms with E-state index < -0.39 is 6.10 Å². The molecule has 0 bridgehead atoms. The second kappa shape index (κ2) is 4.00. The van der Waals surface area contributed by atoms with Crippen LogP contribution in [0.3, 0.4) is 0 Å². The molecule has 1 aliphatic heterocycles. The summed E-state index contributed by atoms with van der Waals surface area (Å²) >= 11 is 3.03. The number of benzene rings is 1. The summed E-state index contributed by atoms with van der Waals surface area (Å²) in [5.74, 6) is -0.389. The van der Waals surface area contributed by atoms with Crippen molar-refractivity contribution < 1.29 is 14.2 Å². The second-order valence-electron chi connectivity index (χ2n) is 3.35. The van der Waals surface area contributed by atoms with E-state index >= 15 is 0 Å². The Bertz CT molecular complexity index is 406. The highest BCUT2D eigenvalue weighted by atomic mass is 79.9. The van der Waals surface area contributed by atoms with Gasteiger partial charge in [-0.05, 0) is 33.6 Å². The minimum atomic E-state index is -1.02. The van der Waals surface area contributed by atoms with Crippen LogP contribution in [0.2, 0.25) is 0 Å². The molecule has 2 atom stereocenters. The molecule has 0 spiro atoms. The van der Waals surface area contributed by atoms with Crippen LogP contribution in [-0.2, 0) is 4.74 Å². The van der Waals surface area contributed by atoms with Crippen LogP contribution in [0.5, 0.6) is 0 Å². The number of nitrogens with one attached hydrogen (secondary N) is 1. The molecule has 1 heterocycles. The maximum atomic E-state index is 12.9. The Balaban J connectivity index is 2.20. The Hall–Kier alpha value is -0.780. The lowest BCUT2D eigenvalue weighted by atomic mass is 10.0. The highest BCUT2D eigenvalue weighted by Gasteiger charge is 2.32. The van der Waals surface area contributed by atoms with Crippen LogP contribution in [-0.4, -0.2) is 23.5 Å². The summed E-state index contributed by atoms with van der Waals surface area (Å²) in [5.41, 5.74) is 0.609. The minimum Gasteiger partial charge on any atom is -0.382 e. The van der Waals surface area contributed by atoms with Crippen molar-refractivity contribution in [2.24, 2.45) is 0 Å². The van der Waals surface area contributed by atoms with Crippen molar-refractivity contribution in [3.63, 3.8) is 0 Å². The molecule has 15 heavy (non-hydrogen) atoms. The largest absolute Gasteiger partial charge is 0.382 e. The lowest BCUT2D eigenvalue weighted by Gasteiger charge is -2.11. The normalized spacial score (nSPS) is 21.1. The Labute approximate surface area is 94.5 Å². The molecule has 2 rings (SSSR count). The average Bonchev–Trinajstić information content (AvgIpc) is 3.03. The maximum Gasteiger partial charge on any atom is 0.137 e. The van der Waals surface area contributed by atoms with Gasteiger partial charge >= 0.3 is 0 Å². The van der Waals surface area contributed by atoms with E-state index in [0.717, 1.165) is 0 Å². The fourth-order valence-electron chi connectivity index (χ4n) is 1.27. The molecule has 0 aliphatic carbocycles. The van der Waals surface area contributed by atoms with Crippen LogP contribution in [0.25, 0.3) is 0 Å². The van der Waals surface area contributed by atoms with Gasteiger partial charge in [-0.1, -0.05) is 6.07 Å². The molecular formula is C10H9BrFNO2. The number of rotatable bonds is 3. The molecule has 80 valence electrons. The highest BCUT2D eigenvalue weighted by Crippen LogP contribution is 2.25. The van der Waals surface area contributed by atoms with Crippen LogP contribution >= 0.6 is 15.9 Å². The van der Waals surface area contributed by atoms with Crippen molar-refractivity contribution in [3.8, 4) is 0 Å². The summed E-state index contributed by atoms with van der Waals surface area (Å²) < 4.78 is 18.1. The van der Waals surface area contributed by atoms with Gasteiger partial charge in [-0.3, -0.25) is 0 Å². The quantitative estimate of drug-likeness (QED) is 0.654. The van der Waals surface area contributed by atoms with Gasteiger partial charge in [0.2, 0.25) is 0 Å². The molecule has 0 radical (unpaired) electrons. The summed E-state index contributed by atoms with van der Waals surface area (Å²) in [6.45, 7) is 0.484. The Kier molecular flexibility index (Phi) is 2.86. The predicted molar refractivity (Wildman–Crippen MR) is 56.5 cm³/mol. The molecule has 5 heteroatoms. The Morgan fingerprint density at radius 3 is 2.87 bits per heavy atom. The third-order valence-electron chi connectivity index (χ3n) is 2.23. The number of halogens is 2. The van der Waals surface area contributed by atoms with Gasteiger partial charge in [-0.15, -0.1) is 0 Å². The fraction of sp³-hybridized carbons (Fsp3) is 0.300. The van der Waals surface area contributed by atoms with Crippen molar-refractivity contribution in [1.82, 2.24) is 0 Å². The van der Waals surface area contributed by atoms with Crippen LogP contribution in [0.1, 0.15) is 11.7 Å². The first-order valence-electron chi connectivity index (χ1n) is 4.42. The molecule has 1 aliphatic rings. The third kappa shape index (κ3) is 2.25. The highest BCUT2D eigenvalue weighted by molar-refractivity contribution is 9.10. The number of aliphatic hydroxyl groups excluding tert-OH is 1. The molecule has 2 unspecified atom stereocenters. The van der Waals surface area contributed by atoms with E-state index in [0.29, 0.717) is 12.2 Å². The van der Waals surface area contributed by atoms with E-state index in [1.54, 1.807) is 0 Å². The zero-order valence-electron chi connectivity index (χ0n) is 7.71. The number of hydrogen-bond acceptors (Lipinski definition) is 3. The number of epoxide rings is 1. The molecule has 0 amide bonds. The Morgan fingerprint density at radius 2 is 2.33 bits per heavy atom. The lowest BCUT2D eigenvalue weighted by molar-refractivity contribution is 0.240. The molecule has 0 saturated carbocycles. The van der Waals surface area contributed by atoms with Gasteiger partial charge < -0.3 is 15.3 Å². The number of aliphatic hydroxyl groups is 1. The van der Waals surface area contributed by atoms with Crippen molar-refractivity contribution in [2.45, 2.75) is 12.2 Å². The summed E-state index contributed by atoms with van der Waals surface area (Å²) in [7, 11) is 0. The van der Waals surface area contributed by atoms with Crippen molar-refractivity contribution >= 4 is 21.6 Å². The molecule has 1 aromatic rings. The molecule has 2 N–H and O–H groups in total. The predicted octanol–water partition coefficient (Wildman–Crippen LogP) is 2.04. The van der Waals surface area contributed by atoms with E-state index in [4.69, 9.17) is 10.1 Å². The first-order valence-corrected chi connectivity index (χ1v) is 5.22. The summed E-state index contributed by atoms with van der Waals surface area (Å²) in [4.78, 5) is 0. The smallest absolute Gasteiger partial charge is 0.137 e. The topological polar surface area (TPSA) is 56.6 Å². The first kappa shape index (κ1) is 10.7. The van der Waals surface area contributed by atoms with E-state index in [1.807, 2.05) is 0 Å². The second-order valence-corrected chi connectivity index (χ2v) is 4.21.